The second kappa shape index (κ2) is 10.2. The highest BCUT2D eigenvalue weighted by atomic mass is 16.7. The first-order valence-corrected chi connectivity index (χ1v) is 12.3. The van der Waals surface area contributed by atoms with Crippen molar-refractivity contribution < 1.29 is 53.7 Å². The van der Waals surface area contributed by atoms with Crippen LogP contribution in [0.1, 0.15) is 17.5 Å². The fourth-order valence-corrected chi connectivity index (χ4v) is 6.00. The molecule has 38 heavy (non-hydrogen) atoms. The van der Waals surface area contributed by atoms with Gasteiger partial charge in [0, 0.05) is 11.5 Å². The summed E-state index contributed by atoms with van der Waals surface area (Å²) in [6, 6.07) is 1.38. The van der Waals surface area contributed by atoms with Gasteiger partial charge in [0.25, 0.3) is 0 Å². The van der Waals surface area contributed by atoms with Crippen molar-refractivity contribution >= 4 is 17.8 Å². The molecule has 0 saturated carbocycles. The highest BCUT2D eigenvalue weighted by Crippen LogP contribution is 2.60. The van der Waals surface area contributed by atoms with Crippen molar-refractivity contribution in [3.05, 3.63) is 34.6 Å². The number of carbonyl (C=O) groups excluding carboxylic acids is 2. The predicted octanol–water partition coefficient (Wildman–Crippen LogP) is -0.944. The molecule has 8 atom stereocenters. The Hall–Kier alpha value is -3.16. The summed E-state index contributed by atoms with van der Waals surface area (Å²) in [5, 5.41) is 43.4. The van der Waals surface area contributed by atoms with E-state index in [9.17, 15) is 30.0 Å². The van der Waals surface area contributed by atoms with Crippen molar-refractivity contribution in [3.8, 4) is 17.2 Å². The van der Waals surface area contributed by atoms with Gasteiger partial charge in [-0.05, 0) is 41.7 Å². The summed E-state index contributed by atoms with van der Waals surface area (Å²) in [5.41, 5.74) is 3.09. The first kappa shape index (κ1) is 26.4. The van der Waals surface area contributed by atoms with Crippen LogP contribution in [0.25, 0.3) is 5.57 Å². The van der Waals surface area contributed by atoms with E-state index < -0.39 is 43.2 Å². The van der Waals surface area contributed by atoms with E-state index >= 15 is 0 Å². The zero-order chi connectivity index (χ0) is 27.3. The van der Waals surface area contributed by atoms with Gasteiger partial charge in [-0.3, -0.25) is 9.59 Å². The number of allylic oxidation sites excluding steroid dienone is 3. The Morgan fingerprint density at radius 2 is 1.84 bits per heavy atom. The highest BCUT2D eigenvalue weighted by Gasteiger charge is 2.54. The van der Waals surface area contributed by atoms with E-state index in [2.05, 4.69) is 5.32 Å². The van der Waals surface area contributed by atoms with E-state index in [1.54, 1.807) is 12.1 Å². The number of rotatable bonds is 8. The lowest BCUT2D eigenvalue weighted by molar-refractivity contribution is -0.277. The maximum Gasteiger partial charge on any atom is 0.229 e. The number of ether oxygens (including phenoxy) is 5. The van der Waals surface area contributed by atoms with Crippen LogP contribution in [0.5, 0.6) is 17.2 Å². The second-order valence-corrected chi connectivity index (χ2v) is 9.64. The van der Waals surface area contributed by atoms with Crippen molar-refractivity contribution in [3.63, 3.8) is 0 Å². The Bertz CT molecular complexity index is 1190. The molecule has 1 saturated heterocycles. The van der Waals surface area contributed by atoms with E-state index in [0.29, 0.717) is 24.8 Å². The van der Waals surface area contributed by atoms with Crippen LogP contribution in [-0.4, -0.2) is 97.3 Å². The third-order valence-electron chi connectivity index (χ3n) is 7.82. The number of amides is 1. The summed E-state index contributed by atoms with van der Waals surface area (Å²) in [5.74, 6) is -0.0933. The lowest BCUT2D eigenvalue weighted by Crippen LogP contribution is -2.60. The molecule has 1 heterocycles. The second-order valence-electron chi connectivity index (χ2n) is 9.64. The van der Waals surface area contributed by atoms with Gasteiger partial charge in [-0.1, -0.05) is 0 Å². The number of aliphatic hydroxyl groups is 4. The fourth-order valence-electron chi connectivity index (χ4n) is 6.00. The third-order valence-corrected chi connectivity index (χ3v) is 7.82. The zero-order valence-electron chi connectivity index (χ0n) is 21.1. The standard InChI is InChI=1S/C26H31NO11/c1-34-13-7-11-17-16-10(4-5-12(27-9-29)19(17)18(11)20(13)30)6-14(35-2)24(25(16)36-3)38-26-23(33)22(32)21(31)15(8-28)37-26/h6-7,9,11-12,15,18,21-23,26,28,31-33H,4-5,8H2,1-3H3,(H,27,29)/t11-,12+,15-,18-,21-,22+,23-,26+/m1/s1. The number of aliphatic hydroxyl groups excluding tert-OH is 4. The molecular formula is C26H31NO11. The number of hydrogen-bond donors (Lipinski definition) is 5. The lowest BCUT2D eigenvalue weighted by Gasteiger charge is -2.41. The maximum absolute atomic E-state index is 13.0. The quantitative estimate of drug-likeness (QED) is 0.261. The van der Waals surface area contributed by atoms with Gasteiger partial charge in [0.2, 0.25) is 24.2 Å². The van der Waals surface area contributed by atoms with Crippen LogP contribution in [0.4, 0.5) is 0 Å². The number of methoxy groups -OCH3 is 3. The number of fused-ring (bicyclic) bond motifs is 5. The number of hydrogen-bond acceptors (Lipinski definition) is 11. The topological polar surface area (TPSA) is 173 Å². The van der Waals surface area contributed by atoms with Gasteiger partial charge in [0.05, 0.1) is 39.9 Å². The molecule has 206 valence electrons. The molecule has 12 nitrogen and oxygen atoms in total. The number of nitrogens with one attached hydrogen (secondary N) is 1. The summed E-state index contributed by atoms with van der Waals surface area (Å²) in [7, 11) is 4.31. The first-order valence-electron chi connectivity index (χ1n) is 12.3. The summed E-state index contributed by atoms with van der Waals surface area (Å²) < 4.78 is 28.3. The van der Waals surface area contributed by atoms with E-state index in [1.807, 2.05) is 0 Å². The SMILES string of the molecule is COC1=C[C@@H]2C3=C([C@@H]2C1=O)[C@@H](NC=O)CCc1cc(OC)c(O[C@@H]2O[C@H](CO)[C@@H](O)[C@H](O)[C@H]2O)c(OC)c13. The zero-order valence-corrected chi connectivity index (χ0v) is 21.1. The van der Waals surface area contributed by atoms with Crippen LogP contribution in [-0.2, 0) is 25.5 Å². The molecule has 3 aliphatic carbocycles. The largest absolute Gasteiger partial charge is 0.493 e. The van der Waals surface area contributed by atoms with Crippen LogP contribution < -0.4 is 19.5 Å². The van der Waals surface area contributed by atoms with Crippen molar-refractivity contribution in [2.24, 2.45) is 11.8 Å². The van der Waals surface area contributed by atoms with Crippen LogP contribution >= 0.6 is 0 Å². The van der Waals surface area contributed by atoms with E-state index in [-0.39, 0.29) is 40.8 Å². The van der Waals surface area contributed by atoms with Crippen LogP contribution in [0.15, 0.2) is 23.5 Å². The Morgan fingerprint density at radius 3 is 2.47 bits per heavy atom. The van der Waals surface area contributed by atoms with E-state index in [0.717, 1.165) is 16.7 Å². The Balaban J connectivity index is 1.64. The van der Waals surface area contributed by atoms with Gasteiger partial charge in [0.15, 0.2) is 17.3 Å². The molecule has 0 bridgehead atoms. The van der Waals surface area contributed by atoms with Gasteiger partial charge in [0.1, 0.15) is 24.4 Å². The van der Waals surface area contributed by atoms with Crippen molar-refractivity contribution in [1.82, 2.24) is 5.32 Å². The molecule has 1 fully saturated rings. The number of aryl methyl sites for hydroxylation is 1. The number of Topliss-reactive ketones (excluding diaryl/α,β-unsaturated/α-hetero) is 1. The molecule has 5 N–H and O–H groups in total. The van der Waals surface area contributed by atoms with Crippen LogP contribution in [0, 0.1) is 11.8 Å². The average Bonchev–Trinajstić information content (AvgIpc) is 3.10. The predicted molar refractivity (Wildman–Crippen MR) is 129 cm³/mol. The molecule has 5 rings (SSSR count). The molecule has 0 unspecified atom stereocenters. The third kappa shape index (κ3) is 3.86. The molecule has 1 aliphatic heterocycles. The average molecular weight is 534 g/mol. The number of benzene rings is 1. The molecule has 0 spiro atoms. The number of ketones is 1. The van der Waals surface area contributed by atoms with Crippen molar-refractivity contribution in [1.29, 1.82) is 0 Å². The molecule has 1 aromatic rings. The minimum atomic E-state index is -1.65. The Labute approximate surface area is 218 Å². The van der Waals surface area contributed by atoms with Crippen LogP contribution in [0.3, 0.4) is 0 Å². The van der Waals surface area contributed by atoms with Crippen LogP contribution in [0.2, 0.25) is 0 Å². The molecule has 1 amide bonds. The molecule has 0 aromatic heterocycles. The van der Waals surface area contributed by atoms with Gasteiger partial charge in [-0.2, -0.15) is 0 Å². The summed E-state index contributed by atoms with van der Waals surface area (Å²) >= 11 is 0. The van der Waals surface area contributed by atoms with Gasteiger partial charge < -0.3 is 49.4 Å². The first-order chi connectivity index (χ1) is 18.3. The minimum absolute atomic E-state index is 0.0652. The van der Waals surface area contributed by atoms with Gasteiger partial charge in [-0.15, -0.1) is 0 Å². The normalized spacial score (nSPS) is 33.7. The monoisotopic (exact) mass is 533 g/mol. The molecule has 0 radical (unpaired) electrons. The number of carbonyl (C=O) groups is 2. The van der Waals surface area contributed by atoms with E-state index in [4.69, 9.17) is 23.7 Å². The smallest absolute Gasteiger partial charge is 0.229 e. The lowest BCUT2D eigenvalue weighted by atomic mass is 9.64. The summed E-state index contributed by atoms with van der Waals surface area (Å²) in [6.45, 7) is -0.615. The fraction of sp³-hybridized carbons (Fsp3) is 0.538. The molecule has 1 aromatic carbocycles. The summed E-state index contributed by atoms with van der Waals surface area (Å²) in [6.07, 6.45) is -4.04. The Kier molecular flexibility index (Phi) is 7.09. The van der Waals surface area contributed by atoms with Crippen molar-refractivity contribution in [2.75, 3.05) is 27.9 Å². The summed E-state index contributed by atoms with van der Waals surface area (Å²) in [4.78, 5) is 24.5. The van der Waals surface area contributed by atoms with E-state index in [1.165, 1.54) is 21.3 Å². The highest BCUT2D eigenvalue weighted by molar-refractivity contribution is 6.08. The minimum Gasteiger partial charge on any atom is -0.493 e. The van der Waals surface area contributed by atoms with Crippen molar-refractivity contribution in [2.45, 2.75) is 49.6 Å². The molecular weight excluding hydrogens is 502 g/mol. The molecule has 12 heteroatoms. The Morgan fingerprint density at radius 1 is 1.08 bits per heavy atom. The van der Waals surface area contributed by atoms with Gasteiger partial charge in [-0.25, -0.2) is 0 Å². The van der Waals surface area contributed by atoms with Gasteiger partial charge >= 0.3 is 0 Å². The molecule has 4 aliphatic rings. The maximum atomic E-state index is 13.0.